The molecule has 0 atom stereocenters. The molecule has 0 aromatic heterocycles. The van der Waals surface area contributed by atoms with Crippen LogP contribution in [0.25, 0.3) is 0 Å². The van der Waals surface area contributed by atoms with E-state index in [-0.39, 0.29) is 0 Å². The quantitative estimate of drug-likeness (QED) is 0.605. The molecule has 0 fully saturated rings. The molecule has 0 aliphatic carbocycles. The molecule has 2 rings (SSSR count). The molecule has 3 nitrogen and oxygen atoms in total. The molecule has 0 unspecified atom stereocenters. The van der Waals surface area contributed by atoms with Crippen molar-refractivity contribution in [2.24, 2.45) is 10.2 Å². The molecule has 0 saturated carbocycles. The fourth-order valence-electron chi connectivity index (χ4n) is 1.55. The van der Waals surface area contributed by atoms with Crippen LogP contribution in [0.3, 0.4) is 0 Å². The lowest BCUT2D eigenvalue weighted by Crippen LogP contribution is -1.94. The van der Waals surface area contributed by atoms with Crippen LogP contribution in [0.2, 0.25) is 10.0 Å². The van der Waals surface area contributed by atoms with Gasteiger partial charge in [0.1, 0.15) is 11.4 Å². The highest BCUT2D eigenvalue weighted by Gasteiger charge is 2.04. The molecule has 0 heterocycles. The van der Waals surface area contributed by atoms with Crippen molar-refractivity contribution in [2.75, 3.05) is 6.61 Å². The molecule has 0 spiro atoms. The molecular weight excluding hydrogens is 295 g/mol. The fourth-order valence-corrected chi connectivity index (χ4v) is 1.90. The highest BCUT2D eigenvalue weighted by Crippen LogP contribution is 2.32. The minimum atomic E-state index is 0.592. The molecule has 0 aliphatic rings. The van der Waals surface area contributed by atoms with Crippen molar-refractivity contribution in [3.8, 4) is 5.75 Å². The molecule has 0 saturated heterocycles. The van der Waals surface area contributed by atoms with Gasteiger partial charge < -0.3 is 4.74 Å². The van der Waals surface area contributed by atoms with E-state index in [0.29, 0.717) is 33.8 Å². The first-order valence-electron chi connectivity index (χ1n) is 6.28. The van der Waals surface area contributed by atoms with Crippen molar-refractivity contribution in [1.82, 2.24) is 0 Å². The minimum absolute atomic E-state index is 0.592. The van der Waals surface area contributed by atoms with Crippen molar-refractivity contribution in [3.05, 3.63) is 52.5 Å². The van der Waals surface area contributed by atoms with Gasteiger partial charge in [-0.15, -0.1) is 5.11 Å². The number of nitrogens with zero attached hydrogens (tertiary/aromatic N) is 2. The van der Waals surface area contributed by atoms with Crippen LogP contribution >= 0.6 is 23.2 Å². The molecule has 2 aromatic rings. The summed E-state index contributed by atoms with van der Waals surface area (Å²) in [6.45, 7) is 2.67. The van der Waals surface area contributed by atoms with Gasteiger partial charge in [-0.3, -0.25) is 0 Å². The van der Waals surface area contributed by atoms with Gasteiger partial charge in [0, 0.05) is 10.0 Å². The Hall–Kier alpha value is -1.58. The number of hydrogen-bond acceptors (Lipinski definition) is 3. The molecule has 104 valence electrons. The molecule has 0 bridgehead atoms. The lowest BCUT2D eigenvalue weighted by molar-refractivity contribution is 0.318. The minimum Gasteiger partial charge on any atom is -0.491 e. The van der Waals surface area contributed by atoms with E-state index in [2.05, 4.69) is 10.2 Å². The average Bonchev–Trinajstić information content (AvgIpc) is 2.44. The highest BCUT2D eigenvalue weighted by molar-refractivity contribution is 6.31. The van der Waals surface area contributed by atoms with Gasteiger partial charge in [-0.2, -0.15) is 5.11 Å². The summed E-state index contributed by atoms with van der Waals surface area (Å²) in [5, 5.41) is 9.55. The first-order valence-corrected chi connectivity index (χ1v) is 7.04. The maximum Gasteiger partial charge on any atom is 0.146 e. The number of hydrogen-bond donors (Lipinski definition) is 0. The SMILES string of the molecule is CCCOc1ccc(Cl)cc1N=Nc1cccc(Cl)c1. The Bertz CT molecular complexity index is 615. The maximum atomic E-state index is 5.98. The second-order valence-electron chi connectivity index (χ2n) is 4.14. The third-order valence-corrected chi connectivity index (χ3v) is 2.93. The summed E-state index contributed by atoms with van der Waals surface area (Å²) in [6, 6.07) is 12.5. The molecule has 5 heteroatoms. The number of ether oxygens (including phenoxy) is 1. The smallest absolute Gasteiger partial charge is 0.146 e. The summed E-state index contributed by atoms with van der Waals surface area (Å²) in [6.07, 6.45) is 0.924. The normalized spacial score (nSPS) is 10.9. The van der Waals surface area contributed by atoms with Crippen molar-refractivity contribution in [1.29, 1.82) is 0 Å². The molecule has 0 amide bonds. The second kappa shape index (κ2) is 7.27. The summed E-state index contributed by atoms with van der Waals surface area (Å²) in [5.41, 5.74) is 1.28. The van der Waals surface area contributed by atoms with Crippen LogP contribution < -0.4 is 4.74 Å². The van der Waals surface area contributed by atoms with E-state index in [1.54, 1.807) is 30.3 Å². The average molecular weight is 309 g/mol. The Labute approximate surface area is 128 Å². The largest absolute Gasteiger partial charge is 0.491 e. The van der Waals surface area contributed by atoms with E-state index in [1.165, 1.54) is 0 Å². The van der Waals surface area contributed by atoms with E-state index in [4.69, 9.17) is 27.9 Å². The lowest BCUT2D eigenvalue weighted by atomic mass is 10.3. The van der Waals surface area contributed by atoms with E-state index in [0.717, 1.165) is 6.42 Å². The molecule has 0 N–H and O–H groups in total. The first-order chi connectivity index (χ1) is 9.69. The van der Waals surface area contributed by atoms with Crippen molar-refractivity contribution in [3.63, 3.8) is 0 Å². The number of azo groups is 1. The highest BCUT2D eigenvalue weighted by atomic mass is 35.5. The number of rotatable bonds is 5. The van der Waals surface area contributed by atoms with Crippen LogP contribution in [0.15, 0.2) is 52.7 Å². The van der Waals surface area contributed by atoms with E-state index < -0.39 is 0 Å². The molecule has 2 aromatic carbocycles. The zero-order chi connectivity index (χ0) is 14.4. The number of halogens is 2. The molecule has 20 heavy (non-hydrogen) atoms. The van der Waals surface area contributed by atoms with Crippen LogP contribution in [0.1, 0.15) is 13.3 Å². The van der Waals surface area contributed by atoms with Gasteiger partial charge in [-0.1, -0.05) is 36.2 Å². The van der Waals surface area contributed by atoms with Crippen molar-refractivity contribution < 1.29 is 4.74 Å². The Morgan fingerprint density at radius 2 is 1.80 bits per heavy atom. The van der Waals surface area contributed by atoms with Gasteiger partial charge in [-0.05, 0) is 42.8 Å². The fraction of sp³-hybridized carbons (Fsp3) is 0.200. The summed E-state index contributed by atoms with van der Waals surface area (Å²) in [5.74, 6) is 0.669. The van der Waals surface area contributed by atoms with Gasteiger partial charge >= 0.3 is 0 Å². The lowest BCUT2D eigenvalue weighted by Gasteiger charge is -2.07. The first kappa shape index (κ1) is 14.8. The zero-order valence-corrected chi connectivity index (χ0v) is 12.5. The van der Waals surface area contributed by atoms with Gasteiger partial charge in [0.15, 0.2) is 0 Å². The van der Waals surface area contributed by atoms with Crippen LogP contribution in [-0.4, -0.2) is 6.61 Å². The van der Waals surface area contributed by atoms with Crippen LogP contribution in [0.5, 0.6) is 5.75 Å². The summed E-state index contributed by atoms with van der Waals surface area (Å²) in [4.78, 5) is 0. The Morgan fingerprint density at radius 3 is 2.55 bits per heavy atom. The van der Waals surface area contributed by atoms with Gasteiger partial charge in [0.2, 0.25) is 0 Å². The zero-order valence-electron chi connectivity index (χ0n) is 11.0. The van der Waals surface area contributed by atoms with Crippen LogP contribution in [-0.2, 0) is 0 Å². The topological polar surface area (TPSA) is 34.0 Å². The summed E-state index contributed by atoms with van der Waals surface area (Å²) < 4.78 is 5.61. The van der Waals surface area contributed by atoms with Crippen LogP contribution in [0, 0.1) is 0 Å². The predicted molar refractivity (Wildman–Crippen MR) is 82.9 cm³/mol. The maximum absolute atomic E-state index is 5.98. The van der Waals surface area contributed by atoms with E-state index in [1.807, 2.05) is 19.1 Å². The van der Waals surface area contributed by atoms with E-state index >= 15 is 0 Å². The van der Waals surface area contributed by atoms with E-state index in [9.17, 15) is 0 Å². The Balaban J connectivity index is 2.25. The monoisotopic (exact) mass is 308 g/mol. The standard InChI is InChI=1S/C15H14Cl2N2O/c1-2-8-20-15-7-6-12(17)10-14(15)19-18-13-5-3-4-11(16)9-13/h3-7,9-10H,2,8H2,1H3. The van der Waals surface area contributed by atoms with Gasteiger partial charge in [-0.25, -0.2) is 0 Å². The number of benzene rings is 2. The van der Waals surface area contributed by atoms with Crippen molar-refractivity contribution >= 4 is 34.6 Å². The van der Waals surface area contributed by atoms with Gasteiger partial charge in [0.25, 0.3) is 0 Å². The van der Waals surface area contributed by atoms with Crippen LogP contribution in [0.4, 0.5) is 11.4 Å². The second-order valence-corrected chi connectivity index (χ2v) is 5.01. The summed E-state index contributed by atoms with van der Waals surface area (Å²) in [7, 11) is 0. The molecule has 0 aliphatic heterocycles. The molecule has 0 radical (unpaired) electrons. The third kappa shape index (κ3) is 4.22. The Morgan fingerprint density at radius 1 is 1.00 bits per heavy atom. The Kier molecular flexibility index (Phi) is 5.39. The third-order valence-electron chi connectivity index (χ3n) is 2.46. The molecular formula is C15H14Cl2N2O. The summed E-state index contributed by atoms with van der Waals surface area (Å²) >= 11 is 11.9. The predicted octanol–water partition coefficient (Wildman–Crippen LogP) is 6.20. The van der Waals surface area contributed by atoms with Crippen molar-refractivity contribution in [2.45, 2.75) is 13.3 Å². The van der Waals surface area contributed by atoms with Gasteiger partial charge in [0.05, 0.1) is 12.3 Å².